The van der Waals surface area contributed by atoms with Crippen molar-refractivity contribution in [2.45, 2.75) is 25.2 Å². The Morgan fingerprint density at radius 2 is 2.04 bits per heavy atom. The molecule has 1 aromatic heterocycles. The zero-order valence-electron chi connectivity index (χ0n) is 14.4. The van der Waals surface area contributed by atoms with Crippen LogP contribution in [0.25, 0.3) is 0 Å². The van der Waals surface area contributed by atoms with Crippen molar-refractivity contribution in [1.82, 2.24) is 9.88 Å². The van der Waals surface area contributed by atoms with E-state index in [0.29, 0.717) is 18.7 Å². The molecule has 6 nitrogen and oxygen atoms in total. The van der Waals surface area contributed by atoms with E-state index in [9.17, 15) is 18.0 Å². The molecule has 2 heterocycles. The van der Waals surface area contributed by atoms with Gasteiger partial charge in [-0.1, -0.05) is 18.2 Å². The zero-order valence-corrected chi connectivity index (χ0v) is 14.4. The van der Waals surface area contributed by atoms with Crippen molar-refractivity contribution in [3.8, 4) is 5.88 Å². The van der Waals surface area contributed by atoms with Crippen LogP contribution in [-0.2, 0) is 12.7 Å². The van der Waals surface area contributed by atoms with Crippen LogP contribution in [0.15, 0.2) is 42.5 Å². The lowest BCUT2D eigenvalue weighted by Gasteiger charge is -2.18. The molecule has 144 valence electrons. The van der Waals surface area contributed by atoms with Crippen molar-refractivity contribution >= 4 is 11.7 Å². The van der Waals surface area contributed by atoms with Crippen LogP contribution in [0, 0.1) is 0 Å². The Balaban J connectivity index is 1.63. The molecule has 3 N–H and O–H groups in total. The molecule has 1 fully saturated rings. The van der Waals surface area contributed by atoms with Crippen molar-refractivity contribution in [2.24, 2.45) is 5.73 Å². The molecule has 27 heavy (non-hydrogen) atoms. The normalized spacial score (nSPS) is 17.0. The Labute approximate surface area is 154 Å². The van der Waals surface area contributed by atoms with Crippen molar-refractivity contribution in [2.75, 3.05) is 18.4 Å². The third-order valence-electron chi connectivity index (χ3n) is 4.13. The van der Waals surface area contributed by atoms with Gasteiger partial charge < -0.3 is 20.7 Å². The van der Waals surface area contributed by atoms with E-state index in [1.54, 1.807) is 29.2 Å². The number of pyridine rings is 1. The van der Waals surface area contributed by atoms with Crippen molar-refractivity contribution < 1.29 is 22.7 Å². The number of halogens is 3. The van der Waals surface area contributed by atoms with E-state index >= 15 is 0 Å². The van der Waals surface area contributed by atoms with Gasteiger partial charge in [0.2, 0.25) is 5.88 Å². The van der Waals surface area contributed by atoms with Gasteiger partial charge in [-0.15, -0.1) is 0 Å². The van der Waals surface area contributed by atoms with Crippen LogP contribution >= 0.6 is 0 Å². The van der Waals surface area contributed by atoms with E-state index in [2.05, 4.69) is 10.3 Å². The maximum Gasteiger partial charge on any atom is 0.433 e. The van der Waals surface area contributed by atoms with Crippen LogP contribution < -0.4 is 15.8 Å². The third kappa shape index (κ3) is 4.88. The molecule has 0 unspecified atom stereocenters. The number of nitrogens with two attached hydrogens (primary N) is 1. The Kier molecular flexibility index (Phi) is 5.50. The summed E-state index contributed by atoms with van der Waals surface area (Å²) >= 11 is 0. The van der Waals surface area contributed by atoms with Crippen LogP contribution in [0.5, 0.6) is 5.88 Å². The number of carbonyl (C=O) groups is 1. The lowest BCUT2D eigenvalue weighted by molar-refractivity contribution is -0.141. The first-order valence-electron chi connectivity index (χ1n) is 8.41. The number of likely N-dealkylation sites (tertiary alicyclic amines) is 1. The molecule has 1 aliphatic heterocycles. The second-order valence-electron chi connectivity index (χ2n) is 6.17. The van der Waals surface area contributed by atoms with Gasteiger partial charge in [0.1, 0.15) is 11.8 Å². The molecule has 0 saturated carbocycles. The second-order valence-corrected chi connectivity index (χ2v) is 6.17. The summed E-state index contributed by atoms with van der Waals surface area (Å²) in [7, 11) is 0. The monoisotopic (exact) mass is 380 g/mol. The van der Waals surface area contributed by atoms with Crippen LogP contribution in [-0.4, -0.2) is 35.1 Å². The summed E-state index contributed by atoms with van der Waals surface area (Å²) in [5.74, 6) is -0.138. The summed E-state index contributed by atoms with van der Waals surface area (Å²) in [4.78, 5) is 17.4. The quantitative estimate of drug-likeness (QED) is 0.853. The summed E-state index contributed by atoms with van der Waals surface area (Å²) in [6.45, 7) is 0.638. The molecule has 0 radical (unpaired) electrons. The smallest absolute Gasteiger partial charge is 0.433 e. The molecule has 0 spiro atoms. The number of urea groups is 1. The number of nitrogens with one attached hydrogen (secondary N) is 1. The van der Waals surface area contributed by atoms with Crippen molar-refractivity contribution in [3.05, 3.63) is 53.7 Å². The minimum Gasteiger partial charge on any atom is -0.472 e. The molecule has 9 heteroatoms. The standard InChI is InChI=1S/C18H19F3N4O2/c19-18(20,21)15-8-12(10-22)9-16(24-15)27-14-6-7-25(11-14)17(26)23-13-4-2-1-3-5-13/h1-5,8-9,14H,6-7,10-11,22H2,(H,23,26)/t14-/m1/s1. The first-order chi connectivity index (χ1) is 12.8. The van der Waals surface area contributed by atoms with E-state index in [1.165, 1.54) is 6.07 Å². The first kappa shape index (κ1) is 19.0. The van der Waals surface area contributed by atoms with Gasteiger partial charge in [-0.2, -0.15) is 13.2 Å². The number of aromatic nitrogens is 1. The van der Waals surface area contributed by atoms with Gasteiger partial charge in [0, 0.05) is 31.3 Å². The second kappa shape index (κ2) is 7.83. The van der Waals surface area contributed by atoms with E-state index in [4.69, 9.17) is 10.5 Å². The van der Waals surface area contributed by atoms with E-state index in [-0.39, 0.29) is 30.6 Å². The number of rotatable bonds is 4. The van der Waals surface area contributed by atoms with Gasteiger partial charge in [-0.05, 0) is 23.8 Å². The molecule has 1 aliphatic rings. The largest absolute Gasteiger partial charge is 0.472 e. The number of carbonyl (C=O) groups excluding carboxylic acids is 1. The molecule has 1 aromatic carbocycles. The van der Waals surface area contributed by atoms with Gasteiger partial charge in [0.25, 0.3) is 0 Å². The Morgan fingerprint density at radius 3 is 2.70 bits per heavy atom. The fourth-order valence-electron chi connectivity index (χ4n) is 2.79. The SMILES string of the molecule is NCc1cc(O[C@@H]2CCN(C(=O)Nc3ccccc3)C2)nc(C(F)(F)F)c1. The average Bonchev–Trinajstić information content (AvgIpc) is 3.10. The number of hydrogen-bond acceptors (Lipinski definition) is 4. The summed E-state index contributed by atoms with van der Waals surface area (Å²) in [6, 6.07) is 11.0. The van der Waals surface area contributed by atoms with Crippen LogP contribution in [0.1, 0.15) is 17.7 Å². The van der Waals surface area contributed by atoms with E-state index < -0.39 is 18.0 Å². The molecule has 2 amide bonds. The number of ether oxygens (including phenoxy) is 1. The average molecular weight is 380 g/mol. The number of benzene rings is 1. The van der Waals surface area contributed by atoms with Crippen LogP contribution in [0.2, 0.25) is 0 Å². The Bertz CT molecular complexity index is 799. The van der Waals surface area contributed by atoms with E-state index in [1.807, 2.05) is 6.07 Å². The van der Waals surface area contributed by atoms with E-state index in [0.717, 1.165) is 6.07 Å². The Hall–Kier alpha value is -2.81. The van der Waals surface area contributed by atoms with Crippen molar-refractivity contribution in [3.63, 3.8) is 0 Å². The summed E-state index contributed by atoms with van der Waals surface area (Å²) in [6.07, 6.45) is -4.52. The number of para-hydroxylation sites is 1. The number of alkyl halides is 3. The number of hydrogen-bond donors (Lipinski definition) is 2. The highest BCUT2D eigenvalue weighted by Gasteiger charge is 2.34. The number of nitrogens with zero attached hydrogens (tertiary/aromatic N) is 2. The molecule has 1 atom stereocenters. The number of anilines is 1. The van der Waals surface area contributed by atoms with Crippen LogP contribution in [0.3, 0.4) is 0 Å². The van der Waals surface area contributed by atoms with Crippen molar-refractivity contribution in [1.29, 1.82) is 0 Å². The highest BCUT2D eigenvalue weighted by atomic mass is 19.4. The third-order valence-corrected chi connectivity index (χ3v) is 4.13. The van der Waals surface area contributed by atoms with Gasteiger partial charge in [0.15, 0.2) is 0 Å². The summed E-state index contributed by atoms with van der Waals surface area (Å²) < 4.78 is 44.5. The minimum absolute atomic E-state index is 0.0573. The fraction of sp³-hybridized carbons (Fsp3) is 0.333. The molecule has 0 bridgehead atoms. The number of amides is 2. The predicted molar refractivity (Wildman–Crippen MR) is 93.2 cm³/mol. The molecule has 1 saturated heterocycles. The van der Waals surface area contributed by atoms with Gasteiger partial charge >= 0.3 is 12.2 Å². The molecule has 0 aliphatic carbocycles. The maximum atomic E-state index is 13.0. The molecular formula is C18H19F3N4O2. The fourth-order valence-corrected chi connectivity index (χ4v) is 2.79. The molecule has 3 rings (SSSR count). The lowest BCUT2D eigenvalue weighted by Crippen LogP contribution is -2.34. The topological polar surface area (TPSA) is 80.5 Å². The summed E-state index contributed by atoms with van der Waals surface area (Å²) in [5, 5.41) is 2.77. The molecule has 2 aromatic rings. The van der Waals surface area contributed by atoms with Gasteiger partial charge in [-0.25, -0.2) is 9.78 Å². The van der Waals surface area contributed by atoms with Gasteiger partial charge in [-0.3, -0.25) is 0 Å². The lowest BCUT2D eigenvalue weighted by atomic mass is 10.2. The molecular weight excluding hydrogens is 361 g/mol. The highest BCUT2D eigenvalue weighted by molar-refractivity contribution is 5.89. The summed E-state index contributed by atoms with van der Waals surface area (Å²) in [5.41, 5.74) is 5.37. The maximum absolute atomic E-state index is 13.0. The highest BCUT2D eigenvalue weighted by Crippen LogP contribution is 2.30. The predicted octanol–water partition coefficient (Wildman–Crippen LogP) is 3.24. The Morgan fingerprint density at radius 1 is 1.30 bits per heavy atom. The minimum atomic E-state index is -4.58. The zero-order chi connectivity index (χ0) is 19.4. The first-order valence-corrected chi connectivity index (χ1v) is 8.41. The van der Waals surface area contributed by atoms with Gasteiger partial charge in [0.05, 0.1) is 6.54 Å². The van der Waals surface area contributed by atoms with Crippen LogP contribution in [0.4, 0.5) is 23.7 Å².